The summed E-state index contributed by atoms with van der Waals surface area (Å²) in [5.41, 5.74) is 7.10. The molecule has 4 aromatic heterocycles. The average molecular weight is 736 g/mol. The highest BCUT2D eigenvalue weighted by Gasteiger charge is 2.23. The quantitative estimate of drug-likeness (QED) is 0.180. The Bertz CT molecular complexity index is 3470. The number of thiophene rings is 2. The summed E-state index contributed by atoms with van der Waals surface area (Å²) in [4.78, 5) is 10.2. The molecule has 55 heavy (non-hydrogen) atoms. The fourth-order valence-corrected chi connectivity index (χ4v) is 10.3. The number of hydrogen-bond acceptors (Lipinski definition) is 6. The SMILES string of the molecule is N#Cc1cc(-c2nc(-c3ccc4c(c3)sc3ccccc34)nc(-c3ccccc3)c2C#N)ccc1-n1c2ccccc2c2ccc3sc4ccccc4c3c21. The van der Waals surface area contributed by atoms with Gasteiger partial charge in [-0.15, -0.1) is 22.7 Å². The molecule has 4 heterocycles. The van der Waals surface area contributed by atoms with Crippen LogP contribution in [0.1, 0.15) is 11.1 Å². The molecule has 0 saturated carbocycles. The van der Waals surface area contributed by atoms with E-state index in [-0.39, 0.29) is 0 Å². The molecule has 0 radical (unpaired) electrons. The van der Waals surface area contributed by atoms with Crippen molar-refractivity contribution in [3.05, 3.63) is 163 Å². The van der Waals surface area contributed by atoms with Crippen molar-refractivity contribution in [1.82, 2.24) is 14.5 Å². The minimum atomic E-state index is 0.359. The van der Waals surface area contributed by atoms with Crippen molar-refractivity contribution < 1.29 is 0 Å². The fourth-order valence-electron chi connectivity index (χ4n) is 8.06. The maximum atomic E-state index is 10.9. The van der Waals surface area contributed by atoms with Crippen LogP contribution in [-0.2, 0) is 0 Å². The first-order valence-electron chi connectivity index (χ1n) is 17.9. The number of nitriles is 2. The second-order valence-corrected chi connectivity index (χ2v) is 15.7. The number of nitrogens with zero attached hydrogens (tertiary/aromatic N) is 5. The number of fused-ring (bicyclic) bond motifs is 10. The lowest BCUT2D eigenvalue weighted by atomic mass is 9.98. The van der Waals surface area contributed by atoms with Gasteiger partial charge in [-0.1, -0.05) is 109 Å². The van der Waals surface area contributed by atoms with Gasteiger partial charge in [0.05, 0.1) is 33.7 Å². The molecule has 5 nitrogen and oxygen atoms in total. The molecular weight excluding hydrogens is 711 g/mol. The van der Waals surface area contributed by atoms with E-state index in [9.17, 15) is 10.5 Å². The molecule has 11 rings (SSSR count). The molecule has 0 aliphatic carbocycles. The predicted molar refractivity (Wildman–Crippen MR) is 228 cm³/mol. The summed E-state index contributed by atoms with van der Waals surface area (Å²) >= 11 is 3.52. The molecule has 254 valence electrons. The van der Waals surface area contributed by atoms with Gasteiger partial charge in [-0.2, -0.15) is 10.5 Å². The molecule has 0 atom stereocenters. The Labute approximate surface area is 322 Å². The van der Waals surface area contributed by atoms with Gasteiger partial charge in [0.2, 0.25) is 0 Å². The Hall–Kier alpha value is -7.16. The maximum absolute atomic E-state index is 10.9. The lowest BCUT2D eigenvalue weighted by molar-refractivity contribution is 1.16. The number of aromatic nitrogens is 3. The van der Waals surface area contributed by atoms with E-state index < -0.39 is 0 Å². The van der Waals surface area contributed by atoms with Crippen molar-refractivity contribution in [3.63, 3.8) is 0 Å². The van der Waals surface area contributed by atoms with Crippen LogP contribution in [0.25, 0.3) is 102 Å². The van der Waals surface area contributed by atoms with Crippen LogP contribution in [0.4, 0.5) is 0 Å². The summed E-state index contributed by atoms with van der Waals surface area (Å²) in [6.07, 6.45) is 0. The Kier molecular flexibility index (Phi) is 6.96. The molecule has 0 N–H and O–H groups in total. The summed E-state index contributed by atoms with van der Waals surface area (Å²) < 4.78 is 7.02. The van der Waals surface area contributed by atoms with Crippen molar-refractivity contribution in [2.24, 2.45) is 0 Å². The van der Waals surface area contributed by atoms with Crippen molar-refractivity contribution in [2.45, 2.75) is 0 Å². The highest BCUT2D eigenvalue weighted by molar-refractivity contribution is 7.26. The smallest absolute Gasteiger partial charge is 0.160 e. The van der Waals surface area contributed by atoms with Gasteiger partial charge in [0.25, 0.3) is 0 Å². The molecule has 0 saturated heterocycles. The highest BCUT2D eigenvalue weighted by Crippen LogP contribution is 2.44. The fraction of sp³-hybridized carbons (Fsp3) is 0. The first kappa shape index (κ1) is 31.4. The van der Waals surface area contributed by atoms with E-state index in [0.29, 0.717) is 33.9 Å². The molecule has 0 bridgehead atoms. The van der Waals surface area contributed by atoms with Crippen LogP contribution in [0.2, 0.25) is 0 Å². The maximum Gasteiger partial charge on any atom is 0.160 e. The summed E-state index contributed by atoms with van der Waals surface area (Å²) in [5, 5.41) is 28.7. The molecule has 0 aliphatic rings. The Morgan fingerprint density at radius 1 is 0.473 bits per heavy atom. The largest absolute Gasteiger partial charge is 0.307 e. The normalized spacial score (nSPS) is 11.6. The first-order chi connectivity index (χ1) is 27.2. The molecule has 7 heteroatoms. The number of rotatable bonds is 4. The molecule has 0 fully saturated rings. The van der Waals surface area contributed by atoms with E-state index in [0.717, 1.165) is 43.3 Å². The van der Waals surface area contributed by atoms with Gasteiger partial charge in [0, 0.05) is 67.8 Å². The Balaban J connectivity index is 1.16. The number of hydrogen-bond donors (Lipinski definition) is 0. The molecule has 0 unspecified atom stereocenters. The third kappa shape index (κ3) is 4.75. The van der Waals surface area contributed by atoms with Crippen molar-refractivity contribution >= 4 is 84.8 Å². The molecule has 0 spiro atoms. The van der Waals surface area contributed by atoms with Gasteiger partial charge in [0.1, 0.15) is 17.7 Å². The summed E-state index contributed by atoms with van der Waals surface area (Å²) in [6.45, 7) is 0. The predicted octanol–water partition coefficient (Wildman–Crippen LogP) is 13.1. The standard InChI is InChI=1S/C48H25N5S2/c49-26-31-24-29(19-22-38(31)53-39-15-7-4-12-32(39)35-21-23-42-44(47(35)53)36-14-6-9-17-41(36)54-42)46-37(27-50)45(28-10-2-1-3-11-28)51-48(52-46)30-18-20-34-33-13-5-8-16-40(33)55-43(34)25-30/h1-25H. The van der Waals surface area contributed by atoms with Gasteiger partial charge >= 0.3 is 0 Å². The topological polar surface area (TPSA) is 78.3 Å². The highest BCUT2D eigenvalue weighted by atomic mass is 32.1. The van der Waals surface area contributed by atoms with E-state index >= 15 is 0 Å². The van der Waals surface area contributed by atoms with Gasteiger partial charge in [-0.05, 0) is 42.5 Å². The third-order valence-corrected chi connectivity index (χ3v) is 12.8. The van der Waals surface area contributed by atoms with Crippen LogP contribution >= 0.6 is 22.7 Å². The lowest BCUT2D eigenvalue weighted by Crippen LogP contribution is -2.02. The van der Waals surface area contributed by atoms with Crippen LogP contribution in [0.15, 0.2) is 152 Å². The van der Waals surface area contributed by atoms with Gasteiger partial charge < -0.3 is 4.57 Å². The van der Waals surface area contributed by atoms with Crippen LogP contribution in [0.3, 0.4) is 0 Å². The zero-order valence-corrected chi connectivity index (χ0v) is 30.6. The number of para-hydroxylation sites is 1. The van der Waals surface area contributed by atoms with Gasteiger partial charge in [-0.3, -0.25) is 0 Å². The average Bonchev–Trinajstić information content (AvgIpc) is 3.92. The minimum absolute atomic E-state index is 0.359. The second kappa shape index (κ2) is 12.2. The molecule has 0 amide bonds. The zero-order valence-electron chi connectivity index (χ0n) is 29.0. The Morgan fingerprint density at radius 2 is 1.11 bits per heavy atom. The monoisotopic (exact) mass is 735 g/mol. The van der Waals surface area contributed by atoms with E-state index in [2.05, 4.69) is 114 Å². The molecule has 11 aromatic rings. The van der Waals surface area contributed by atoms with E-state index in [1.54, 1.807) is 22.7 Å². The van der Waals surface area contributed by atoms with Crippen LogP contribution in [0, 0.1) is 22.7 Å². The van der Waals surface area contributed by atoms with Crippen LogP contribution in [0.5, 0.6) is 0 Å². The lowest BCUT2D eigenvalue weighted by Gasteiger charge is -2.15. The molecular formula is C48H25N5S2. The summed E-state index contributed by atoms with van der Waals surface area (Å²) in [5.74, 6) is 0.518. The van der Waals surface area contributed by atoms with Crippen molar-refractivity contribution in [2.75, 3.05) is 0 Å². The molecule has 7 aromatic carbocycles. The van der Waals surface area contributed by atoms with Crippen LogP contribution in [-0.4, -0.2) is 14.5 Å². The van der Waals surface area contributed by atoms with Crippen molar-refractivity contribution in [1.29, 1.82) is 10.5 Å². The minimum Gasteiger partial charge on any atom is -0.307 e. The molecule has 0 aliphatic heterocycles. The number of benzene rings is 7. The van der Waals surface area contributed by atoms with Crippen LogP contribution < -0.4 is 0 Å². The van der Waals surface area contributed by atoms with Gasteiger partial charge in [0.15, 0.2) is 5.82 Å². The third-order valence-electron chi connectivity index (χ3n) is 10.5. The Morgan fingerprint density at radius 3 is 1.91 bits per heavy atom. The summed E-state index contributed by atoms with van der Waals surface area (Å²) in [6, 6.07) is 56.7. The zero-order chi connectivity index (χ0) is 36.6. The van der Waals surface area contributed by atoms with E-state index in [1.807, 2.05) is 54.6 Å². The first-order valence-corrected chi connectivity index (χ1v) is 19.5. The van der Waals surface area contributed by atoms with E-state index in [4.69, 9.17) is 9.97 Å². The second-order valence-electron chi connectivity index (χ2n) is 13.5. The summed E-state index contributed by atoms with van der Waals surface area (Å²) in [7, 11) is 0. The van der Waals surface area contributed by atoms with E-state index in [1.165, 1.54) is 35.6 Å². The van der Waals surface area contributed by atoms with Crippen molar-refractivity contribution in [3.8, 4) is 51.7 Å². The van der Waals surface area contributed by atoms with Gasteiger partial charge in [-0.25, -0.2) is 9.97 Å².